The molecule has 2 aliphatic rings. The number of rotatable bonds is 6. The first-order valence-corrected chi connectivity index (χ1v) is 10.7. The maximum Gasteiger partial charge on any atom is 0.275 e. The molecule has 1 aromatic rings. The molecule has 2 fully saturated rings. The van der Waals surface area contributed by atoms with Crippen molar-refractivity contribution in [3.05, 3.63) is 29.6 Å². The summed E-state index contributed by atoms with van der Waals surface area (Å²) < 4.78 is 18.9. The molecule has 28 heavy (non-hydrogen) atoms. The average molecular weight is 394 g/mol. The van der Waals surface area contributed by atoms with E-state index in [1.165, 1.54) is 28.7 Å². The summed E-state index contributed by atoms with van der Waals surface area (Å²) in [5, 5.41) is 3.29. The summed E-state index contributed by atoms with van der Waals surface area (Å²) in [5.41, 5.74) is 0.916. The summed E-state index contributed by atoms with van der Waals surface area (Å²) in [6, 6.07) is 5.04. The van der Waals surface area contributed by atoms with Gasteiger partial charge in [-0.15, -0.1) is 0 Å². The van der Waals surface area contributed by atoms with Crippen LogP contribution in [0.25, 0.3) is 0 Å². The standard InChI is InChI=1S/C22H34FN3O2/c1-16-5-4-6-20(17(16)2)24-22(27)15-26-11-9-25(10-12-26)14-18-13-19(23)7-8-21(18)28-3/h7-8,13,16-17,20H,4-6,9-12,14-15H2,1-3H3,(H,24,27)/p+2/t16-,17+,20-/m0/s1. The van der Waals surface area contributed by atoms with Crippen LogP contribution in [0.3, 0.4) is 0 Å². The molecule has 0 radical (unpaired) electrons. The second-order valence-corrected chi connectivity index (χ2v) is 8.75. The molecule has 1 saturated carbocycles. The number of nitrogens with one attached hydrogen (secondary N) is 3. The minimum absolute atomic E-state index is 0.191. The van der Waals surface area contributed by atoms with E-state index in [1.807, 2.05) is 0 Å². The van der Waals surface area contributed by atoms with Crippen LogP contribution in [0.2, 0.25) is 0 Å². The Hall–Kier alpha value is -1.66. The fourth-order valence-electron chi connectivity index (χ4n) is 4.74. The summed E-state index contributed by atoms with van der Waals surface area (Å²) in [4.78, 5) is 15.3. The van der Waals surface area contributed by atoms with Gasteiger partial charge in [0.15, 0.2) is 6.54 Å². The zero-order chi connectivity index (χ0) is 20.1. The van der Waals surface area contributed by atoms with Crippen LogP contribution in [0.1, 0.15) is 38.7 Å². The zero-order valence-corrected chi connectivity index (χ0v) is 17.5. The van der Waals surface area contributed by atoms with Crippen LogP contribution in [0, 0.1) is 17.7 Å². The van der Waals surface area contributed by atoms with Crippen LogP contribution >= 0.6 is 0 Å². The molecule has 3 atom stereocenters. The lowest BCUT2D eigenvalue weighted by atomic mass is 9.78. The highest BCUT2D eigenvalue weighted by atomic mass is 19.1. The predicted octanol–water partition coefficient (Wildman–Crippen LogP) is 0.0586. The SMILES string of the molecule is COc1ccc(F)cc1C[NH+]1CC[NH+](CC(=O)N[C@H]2CCC[C@H](C)[C@H]2C)CC1. The van der Waals surface area contributed by atoms with Crippen molar-refractivity contribution in [2.24, 2.45) is 11.8 Å². The molecule has 1 aliphatic carbocycles. The van der Waals surface area contributed by atoms with Crippen LogP contribution in [-0.4, -0.2) is 51.8 Å². The number of carbonyl (C=O) groups excluding carboxylic acids is 1. The molecule has 1 aromatic carbocycles. The van der Waals surface area contributed by atoms with Gasteiger partial charge in [0.25, 0.3) is 5.91 Å². The quantitative estimate of drug-likeness (QED) is 0.640. The Morgan fingerprint density at radius 3 is 2.61 bits per heavy atom. The van der Waals surface area contributed by atoms with Gasteiger partial charge < -0.3 is 19.9 Å². The fourth-order valence-corrected chi connectivity index (χ4v) is 4.74. The first-order chi connectivity index (χ1) is 13.5. The lowest BCUT2D eigenvalue weighted by Crippen LogP contribution is -3.28. The Labute approximate surface area is 168 Å². The molecular weight excluding hydrogens is 357 g/mol. The number of halogens is 1. The number of benzene rings is 1. The van der Waals surface area contributed by atoms with Gasteiger partial charge in [0.2, 0.25) is 0 Å². The van der Waals surface area contributed by atoms with Gasteiger partial charge in [0, 0.05) is 6.04 Å². The number of ether oxygens (including phenoxy) is 1. The Morgan fingerprint density at radius 2 is 1.89 bits per heavy atom. The largest absolute Gasteiger partial charge is 0.496 e. The summed E-state index contributed by atoms with van der Waals surface area (Å²) >= 11 is 0. The van der Waals surface area contributed by atoms with E-state index in [1.54, 1.807) is 19.2 Å². The molecule has 3 rings (SSSR count). The first-order valence-electron chi connectivity index (χ1n) is 10.7. The Kier molecular flexibility index (Phi) is 7.30. The van der Waals surface area contributed by atoms with E-state index in [-0.39, 0.29) is 11.7 Å². The van der Waals surface area contributed by atoms with Crippen molar-refractivity contribution in [1.82, 2.24) is 5.32 Å². The maximum atomic E-state index is 13.6. The van der Waals surface area contributed by atoms with Gasteiger partial charge in [-0.25, -0.2) is 4.39 Å². The fraction of sp³-hybridized carbons (Fsp3) is 0.682. The first kappa shape index (κ1) is 21.1. The second kappa shape index (κ2) is 9.70. The van der Waals surface area contributed by atoms with E-state index in [4.69, 9.17) is 4.74 Å². The van der Waals surface area contributed by atoms with Crippen molar-refractivity contribution in [3.63, 3.8) is 0 Å². The summed E-state index contributed by atoms with van der Waals surface area (Å²) in [6.07, 6.45) is 3.61. The molecule has 0 bridgehead atoms. The number of amides is 1. The Morgan fingerprint density at radius 1 is 1.18 bits per heavy atom. The Bertz CT molecular complexity index is 661. The molecule has 3 N–H and O–H groups in total. The van der Waals surface area contributed by atoms with Crippen LogP contribution in [0.15, 0.2) is 18.2 Å². The summed E-state index contributed by atoms with van der Waals surface area (Å²) in [5.74, 6) is 1.98. The predicted molar refractivity (Wildman–Crippen MR) is 107 cm³/mol. The van der Waals surface area contributed by atoms with Crippen molar-refractivity contribution < 1.29 is 23.7 Å². The lowest BCUT2D eigenvalue weighted by Gasteiger charge is -2.35. The molecule has 1 saturated heterocycles. The minimum Gasteiger partial charge on any atom is -0.496 e. The summed E-state index contributed by atoms with van der Waals surface area (Å²) in [6.45, 7) is 9.80. The highest BCUT2D eigenvalue weighted by Crippen LogP contribution is 2.29. The molecule has 156 valence electrons. The topological polar surface area (TPSA) is 47.2 Å². The maximum absolute atomic E-state index is 13.6. The van der Waals surface area contributed by atoms with Crippen LogP contribution in [0.5, 0.6) is 5.75 Å². The van der Waals surface area contributed by atoms with Crippen molar-refractivity contribution in [1.29, 1.82) is 0 Å². The number of carbonyl (C=O) groups is 1. The third-order valence-electron chi connectivity index (χ3n) is 6.81. The average Bonchev–Trinajstić information content (AvgIpc) is 2.67. The second-order valence-electron chi connectivity index (χ2n) is 8.75. The van der Waals surface area contributed by atoms with Crippen molar-refractivity contribution in [2.45, 2.75) is 45.7 Å². The monoisotopic (exact) mass is 393 g/mol. The number of quaternary nitrogens is 2. The van der Waals surface area contributed by atoms with Gasteiger partial charge in [0.05, 0.1) is 12.7 Å². The molecule has 6 heteroatoms. The number of piperazine rings is 1. The van der Waals surface area contributed by atoms with E-state index < -0.39 is 0 Å². The smallest absolute Gasteiger partial charge is 0.275 e. The number of methoxy groups -OCH3 is 1. The van der Waals surface area contributed by atoms with E-state index >= 15 is 0 Å². The molecule has 1 aliphatic heterocycles. The van der Waals surface area contributed by atoms with Gasteiger partial charge in [-0.3, -0.25) is 4.79 Å². The van der Waals surface area contributed by atoms with Gasteiger partial charge >= 0.3 is 0 Å². The molecule has 1 amide bonds. The van der Waals surface area contributed by atoms with E-state index in [0.717, 1.165) is 50.5 Å². The van der Waals surface area contributed by atoms with Crippen LogP contribution in [-0.2, 0) is 11.3 Å². The van der Waals surface area contributed by atoms with Gasteiger partial charge in [-0.1, -0.05) is 26.7 Å². The van der Waals surface area contributed by atoms with Gasteiger partial charge in [-0.2, -0.15) is 0 Å². The Balaban J connectivity index is 1.44. The zero-order valence-electron chi connectivity index (χ0n) is 17.5. The molecule has 0 unspecified atom stereocenters. The van der Waals surface area contributed by atoms with E-state index in [2.05, 4.69) is 19.2 Å². The van der Waals surface area contributed by atoms with Crippen LogP contribution in [0.4, 0.5) is 4.39 Å². The normalized spacial score (nSPS) is 30.6. The van der Waals surface area contributed by atoms with Crippen molar-refractivity contribution >= 4 is 5.91 Å². The number of hydrogen-bond donors (Lipinski definition) is 3. The van der Waals surface area contributed by atoms with Crippen LogP contribution < -0.4 is 19.9 Å². The third kappa shape index (κ3) is 5.45. The van der Waals surface area contributed by atoms with Gasteiger partial charge in [-0.05, 0) is 36.5 Å². The van der Waals surface area contributed by atoms with E-state index in [9.17, 15) is 9.18 Å². The highest BCUT2D eigenvalue weighted by Gasteiger charge is 2.30. The van der Waals surface area contributed by atoms with Gasteiger partial charge in [0.1, 0.15) is 44.3 Å². The molecule has 0 aromatic heterocycles. The van der Waals surface area contributed by atoms with Crippen molar-refractivity contribution in [2.75, 3.05) is 39.8 Å². The minimum atomic E-state index is -0.220. The van der Waals surface area contributed by atoms with E-state index in [0.29, 0.717) is 24.4 Å². The number of hydrogen-bond acceptors (Lipinski definition) is 2. The molecule has 5 nitrogen and oxygen atoms in total. The molecule has 1 heterocycles. The molecule has 0 spiro atoms. The molecular formula is C22H36FN3O2+2. The highest BCUT2D eigenvalue weighted by molar-refractivity contribution is 5.77. The van der Waals surface area contributed by atoms with Crippen molar-refractivity contribution in [3.8, 4) is 5.75 Å². The summed E-state index contributed by atoms with van der Waals surface area (Å²) in [7, 11) is 1.63. The lowest BCUT2D eigenvalue weighted by molar-refractivity contribution is -1.02. The third-order valence-corrected chi connectivity index (χ3v) is 6.81.